The highest BCUT2D eigenvalue weighted by molar-refractivity contribution is 5.44. The van der Waals surface area contributed by atoms with Gasteiger partial charge in [-0.3, -0.25) is 0 Å². The molecule has 0 amide bonds. The van der Waals surface area contributed by atoms with Crippen molar-refractivity contribution in [2.24, 2.45) is 0 Å². The van der Waals surface area contributed by atoms with E-state index in [4.69, 9.17) is 9.47 Å². The molecule has 1 N–H and O–H groups in total. The molecule has 160 valence electrons. The van der Waals surface area contributed by atoms with Gasteiger partial charge in [0.15, 0.2) is 11.5 Å². The van der Waals surface area contributed by atoms with Gasteiger partial charge in [-0.1, -0.05) is 29.4 Å². The number of aryl methyl sites for hydroxylation is 1. The summed E-state index contributed by atoms with van der Waals surface area (Å²) in [5.74, 6) is 1.22. The van der Waals surface area contributed by atoms with E-state index in [0.29, 0.717) is 18.1 Å². The summed E-state index contributed by atoms with van der Waals surface area (Å²) < 4.78 is 15.4. The highest BCUT2D eigenvalue weighted by atomic mass is 16.5. The zero-order valence-electron chi connectivity index (χ0n) is 17.4. The van der Waals surface area contributed by atoms with Gasteiger partial charge in [0, 0.05) is 25.5 Å². The lowest BCUT2D eigenvalue weighted by molar-refractivity contribution is 0.315. The third-order valence-electron chi connectivity index (χ3n) is 4.61. The van der Waals surface area contributed by atoms with Gasteiger partial charge in [0.1, 0.15) is 0 Å². The van der Waals surface area contributed by atoms with Crippen molar-refractivity contribution in [3.63, 3.8) is 0 Å². The van der Waals surface area contributed by atoms with E-state index in [1.807, 2.05) is 68.0 Å². The first-order chi connectivity index (χ1) is 15.3. The van der Waals surface area contributed by atoms with Crippen LogP contribution >= 0.6 is 0 Å². The summed E-state index contributed by atoms with van der Waals surface area (Å²) in [6.07, 6.45) is 6.63. The Hall–Kier alpha value is -3.72. The molecule has 0 bridgehead atoms. The van der Waals surface area contributed by atoms with E-state index in [0.717, 1.165) is 37.3 Å². The monoisotopic (exact) mass is 419 g/mol. The fraction of sp³-hybridized carbons (Fsp3) is 0.273. The summed E-state index contributed by atoms with van der Waals surface area (Å²) in [5, 5.41) is 15.2. The molecule has 0 aliphatic carbocycles. The molecule has 0 radical (unpaired) electrons. The maximum atomic E-state index is 6.00. The van der Waals surface area contributed by atoms with Crippen molar-refractivity contribution in [2.75, 3.05) is 13.2 Å². The molecule has 4 aromatic rings. The van der Waals surface area contributed by atoms with Crippen molar-refractivity contribution in [3.05, 3.63) is 72.8 Å². The number of hydrogen-bond acceptors (Lipinski definition) is 7. The van der Waals surface area contributed by atoms with Gasteiger partial charge < -0.3 is 19.4 Å². The Morgan fingerprint density at radius 2 is 1.97 bits per heavy atom. The molecule has 0 unspecified atom stereocenters. The lowest BCUT2D eigenvalue weighted by atomic mass is 10.2. The third kappa shape index (κ3) is 5.46. The maximum absolute atomic E-state index is 6.00. The van der Waals surface area contributed by atoms with Gasteiger partial charge in [-0.2, -0.15) is 4.68 Å². The summed E-state index contributed by atoms with van der Waals surface area (Å²) in [5.41, 5.74) is 1.93. The van der Waals surface area contributed by atoms with Crippen LogP contribution in [0.25, 0.3) is 5.69 Å². The molecule has 9 heteroatoms. The van der Waals surface area contributed by atoms with Gasteiger partial charge in [-0.05, 0) is 60.1 Å². The molecule has 0 atom stereocenters. The Kier molecular flexibility index (Phi) is 6.86. The Labute approximate surface area is 180 Å². The first kappa shape index (κ1) is 20.5. The van der Waals surface area contributed by atoms with Crippen molar-refractivity contribution in [1.82, 2.24) is 35.1 Å². The van der Waals surface area contributed by atoms with Gasteiger partial charge in [0.2, 0.25) is 0 Å². The van der Waals surface area contributed by atoms with Crippen molar-refractivity contribution < 1.29 is 9.47 Å². The normalized spacial score (nSPS) is 10.9. The number of tetrazole rings is 1. The fourth-order valence-electron chi connectivity index (χ4n) is 3.13. The van der Waals surface area contributed by atoms with Crippen LogP contribution in [0.4, 0.5) is 0 Å². The summed E-state index contributed by atoms with van der Waals surface area (Å²) >= 11 is 0. The molecule has 9 nitrogen and oxygen atoms in total. The van der Waals surface area contributed by atoms with Crippen molar-refractivity contribution >= 4 is 0 Å². The summed E-state index contributed by atoms with van der Waals surface area (Å²) in [7, 11) is 0. The van der Waals surface area contributed by atoms with Crippen LogP contribution in [0.2, 0.25) is 0 Å². The second-order valence-electron chi connectivity index (χ2n) is 6.86. The van der Waals surface area contributed by atoms with Crippen LogP contribution in [-0.2, 0) is 13.1 Å². The SMILES string of the molecule is CCOc1cc(CNCCCn2ccnc2)ccc1Oc1nnnn1-c1ccccc1. The number of rotatable bonds is 11. The predicted octanol–water partition coefficient (Wildman–Crippen LogP) is 3.23. The van der Waals surface area contributed by atoms with Gasteiger partial charge in [0.05, 0.1) is 18.6 Å². The number of imidazole rings is 1. The standard InChI is InChI=1S/C22H25N7O2/c1-2-30-21-15-18(16-23-11-6-13-28-14-12-24-17-28)9-10-20(21)31-22-25-26-27-29(22)19-7-4-3-5-8-19/h3-5,7-10,12,14-15,17,23H,2,6,11,13,16H2,1H3. The Morgan fingerprint density at radius 1 is 1.06 bits per heavy atom. The number of aromatic nitrogens is 6. The molecular formula is C22H25N7O2. The Balaban J connectivity index is 1.39. The smallest absolute Gasteiger partial charge is 0.346 e. The van der Waals surface area contributed by atoms with E-state index < -0.39 is 0 Å². The molecular weight excluding hydrogens is 394 g/mol. The third-order valence-corrected chi connectivity index (χ3v) is 4.61. The molecule has 0 aliphatic heterocycles. The molecule has 2 aromatic heterocycles. The summed E-state index contributed by atoms with van der Waals surface area (Å²) in [4.78, 5) is 4.06. The average Bonchev–Trinajstić information content (AvgIpc) is 3.48. The van der Waals surface area contributed by atoms with Gasteiger partial charge >= 0.3 is 6.01 Å². The van der Waals surface area contributed by atoms with E-state index in [1.165, 1.54) is 0 Å². The van der Waals surface area contributed by atoms with E-state index in [9.17, 15) is 0 Å². The van der Waals surface area contributed by atoms with Crippen LogP contribution in [0.1, 0.15) is 18.9 Å². The molecule has 2 aromatic carbocycles. The van der Waals surface area contributed by atoms with E-state index in [-0.39, 0.29) is 6.01 Å². The zero-order chi connectivity index (χ0) is 21.3. The molecule has 0 spiro atoms. The lowest BCUT2D eigenvalue weighted by Crippen LogP contribution is -2.16. The second kappa shape index (κ2) is 10.4. The van der Waals surface area contributed by atoms with Crippen molar-refractivity contribution in [1.29, 1.82) is 0 Å². The first-order valence-electron chi connectivity index (χ1n) is 10.3. The summed E-state index contributed by atoms with van der Waals surface area (Å²) in [6.45, 7) is 5.07. The van der Waals surface area contributed by atoms with Gasteiger partial charge in [0.25, 0.3) is 0 Å². The molecule has 0 saturated carbocycles. The predicted molar refractivity (Wildman–Crippen MR) is 115 cm³/mol. The molecule has 0 fully saturated rings. The average molecular weight is 419 g/mol. The number of nitrogens with one attached hydrogen (secondary N) is 1. The fourth-order valence-corrected chi connectivity index (χ4v) is 3.13. The highest BCUT2D eigenvalue weighted by Gasteiger charge is 2.14. The van der Waals surface area contributed by atoms with E-state index in [2.05, 4.69) is 30.4 Å². The first-order valence-corrected chi connectivity index (χ1v) is 10.3. The zero-order valence-corrected chi connectivity index (χ0v) is 17.4. The van der Waals surface area contributed by atoms with Crippen LogP contribution in [0, 0.1) is 0 Å². The minimum absolute atomic E-state index is 0.275. The van der Waals surface area contributed by atoms with Gasteiger partial charge in [-0.25, -0.2) is 4.98 Å². The Bertz CT molecular complexity index is 1060. The maximum Gasteiger partial charge on any atom is 0.346 e. The lowest BCUT2D eigenvalue weighted by Gasteiger charge is -2.13. The summed E-state index contributed by atoms with van der Waals surface area (Å²) in [6, 6.07) is 15.8. The minimum atomic E-state index is 0.275. The van der Waals surface area contributed by atoms with Crippen LogP contribution in [-0.4, -0.2) is 42.9 Å². The van der Waals surface area contributed by atoms with Crippen LogP contribution in [0.3, 0.4) is 0 Å². The van der Waals surface area contributed by atoms with Gasteiger partial charge in [-0.15, -0.1) is 0 Å². The molecule has 31 heavy (non-hydrogen) atoms. The number of nitrogens with zero attached hydrogens (tertiary/aromatic N) is 6. The van der Waals surface area contributed by atoms with Crippen molar-refractivity contribution in [2.45, 2.75) is 26.4 Å². The number of hydrogen-bond donors (Lipinski definition) is 1. The minimum Gasteiger partial charge on any atom is -0.490 e. The van der Waals surface area contributed by atoms with Crippen LogP contribution < -0.4 is 14.8 Å². The van der Waals surface area contributed by atoms with Crippen LogP contribution in [0.5, 0.6) is 17.5 Å². The number of ether oxygens (including phenoxy) is 2. The van der Waals surface area contributed by atoms with Crippen molar-refractivity contribution in [3.8, 4) is 23.2 Å². The van der Waals surface area contributed by atoms with E-state index in [1.54, 1.807) is 10.9 Å². The second-order valence-corrected chi connectivity index (χ2v) is 6.86. The molecule has 4 rings (SSSR count). The quantitative estimate of drug-likeness (QED) is 0.373. The van der Waals surface area contributed by atoms with Crippen LogP contribution in [0.15, 0.2) is 67.3 Å². The largest absolute Gasteiger partial charge is 0.490 e. The number of benzene rings is 2. The topological polar surface area (TPSA) is 91.9 Å². The molecule has 0 aliphatic rings. The highest BCUT2D eigenvalue weighted by Crippen LogP contribution is 2.32. The number of para-hydroxylation sites is 1. The molecule has 2 heterocycles. The molecule has 0 saturated heterocycles. The van der Waals surface area contributed by atoms with E-state index >= 15 is 0 Å². The Morgan fingerprint density at radius 3 is 2.77 bits per heavy atom.